The van der Waals surface area contributed by atoms with Gasteiger partial charge < -0.3 is 9.64 Å². The lowest BCUT2D eigenvalue weighted by Gasteiger charge is -2.26. The van der Waals surface area contributed by atoms with Crippen molar-refractivity contribution in [2.24, 2.45) is 0 Å². The van der Waals surface area contributed by atoms with Crippen molar-refractivity contribution in [3.8, 4) is 0 Å². The van der Waals surface area contributed by atoms with Crippen LogP contribution in [0.1, 0.15) is 58.8 Å². The van der Waals surface area contributed by atoms with Crippen molar-refractivity contribution in [1.29, 1.82) is 0 Å². The number of carbonyl (C=O) groups is 2. The minimum atomic E-state index is -0.324. The highest BCUT2D eigenvalue weighted by Gasteiger charge is 2.32. The van der Waals surface area contributed by atoms with E-state index < -0.39 is 0 Å². The van der Waals surface area contributed by atoms with Gasteiger partial charge in [-0.2, -0.15) is 0 Å². The molecule has 0 aromatic rings. The van der Waals surface area contributed by atoms with Gasteiger partial charge in [0.25, 0.3) is 0 Å². The molecule has 0 spiro atoms. The van der Waals surface area contributed by atoms with E-state index in [1.165, 1.54) is 32.6 Å². The van der Waals surface area contributed by atoms with Crippen LogP contribution < -0.4 is 0 Å². The number of carbonyl (C=O) groups excluding carboxylic acids is 2. The maximum Gasteiger partial charge on any atom is 0.302 e. The molecule has 1 amide bonds. The summed E-state index contributed by atoms with van der Waals surface area (Å²) in [5, 5.41) is 0. The Hall–Kier alpha value is -1.10. The topological polar surface area (TPSA) is 46.6 Å². The van der Waals surface area contributed by atoms with Crippen LogP contribution in [0.25, 0.3) is 0 Å². The number of hydrogen-bond donors (Lipinski definition) is 0. The Bertz CT molecular complexity index is 459. The first-order valence-electron chi connectivity index (χ1n) is 8.40. The van der Waals surface area contributed by atoms with Gasteiger partial charge in [0.1, 0.15) is 6.61 Å². The number of allylic oxidation sites excluding steroid dienone is 1. The van der Waals surface area contributed by atoms with E-state index in [2.05, 4.69) is 35.5 Å². The number of likely N-dealkylation sites (tertiary alicyclic amines) is 1. The lowest BCUT2D eigenvalue weighted by Crippen LogP contribution is -2.36. The lowest BCUT2D eigenvalue weighted by atomic mass is 10.1. The van der Waals surface area contributed by atoms with Crippen LogP contribution in [0.3, 0.4) is 0 Å². The number of esters is 1. The van der Waals surface area contributed by atoms with E-state index in [4.69, 9.17) is 4.74 Å². The van der Waals surface area contributed by atoms with Crippen LogP contribution in [0, 0.1) is 0 Å². The van der Waals surface area contributed by atoms with Gasteiger partial charge in [0.15, 0.2) is 0 Å². The third kappa shape index (κ3) is 7.34. The predicted octanol–water partition coefficient (Wildman–Crippen LogP) is 4.35. The molecule has 130 valence electrons. The second-order valence-electron chi connectivity index (χ2n) is 6.01. The monoisotopic (exact) mass is 385 g/mol. The van der Waals surface area contributed by atoms with Gasteiger partial charge in [-0.15, -0.1) is 0 Å². The summed E-state index contributed by atoms with van der Waals surface area (Å²) in [4.78, 5) is 24.9. The van der Waals surface area contributed by atoms with E-state index in [0.717, 1.165) is 22.9 Å². The van der Waals surface area contributed by atoms with Gasteiger partial charge in [0, 0.05) is 17.8 Å². The Morgan fingerprint density at radius 1 is 1.43 bits per heavy atom. The van der Waals surface area contributed by atoms with E-state index in [9.17, 15) is 9.59 Å². The zero-order valence-corrected chi connectivity index (χ0v) is 15.9. The standard InChI is InChI=1S/C18H28BrNO3/c1-4-5-6-7-8-9-16(19)12-20-17(10-11-18(20)22)14(2)13-23-15(3)21/h9,17H,2,4-8,10-13H2,1,3H3/b16-9+/t17-/m0/s1. The second kappa shape index (κ2) is 10.6. The summed E-state index contributed by atoms with van der Waals surface area (Å²) in [5.74, 6) is -0.189. The van der Waals surface area contributed by atoms with Crippen LogP contribution in [0.2, 0.25) is 0 Å². The average Bonchev–Trinajstić information content (AvgIpc) is 2.86. The first kappa shape index (κ1) is 19.9. The van der Waals surface area contributed by atoms with Crippen LogP contribution in [-0.4, -0.2) is 36.0 Å². The summed E-state index contributed by atoms with van der Waals surface area (Å²) in [7, 11) is 0. The molecule has 1 atom stereocenters. The van der Waals surface area contributed by atoms with Gasteiger partial charge in [-0.25, -0.2) is 0 Å². The van der Waals surface area contributed by atoms with E-state index in [-0.39, 0.29) is 24.5 Å². The fourth-order valence-corrected chi connectivity index (χ4v) is 3.20. The molecule has 0 aromatic carbocycles. The van der Waals surface area contributed by atoms with Crippen LogP contribution in [-0.2, 0) is 14.3 Å². The second-order valence-corrected chi connectivity index (χ2v) is 7.03. The van der Waals surface area contributed by atoms with Gasteiger partial charge in [-0.3, -0.25) is 9.59 Å². The first-order chi connectivity index (χ1) is 11.0. The molecule has 0 aromatic heterocycles. The SMILES string of the molecule is C=C(COC(C)=O)[C@@H]1CCC(=O)N1C/C(Br)=C\CCCCCC. The molecule has 1 rings (SSSR count). The average molecular weight is 386 g/mol. The summed E-state index contributed by atoms with van der Waals surface area (Å²) < 4.78 is 6.04. The zero-order chi connectivity index (χ0) is 17.2. The molecule has 1 fully saturated rings. The molecule has 0 saturated carbocycles. The summed E-state index contributed by atoms with van der Waals surface area (Å²) in [5.41, 5.74) is 0.786. The highest BCUT2D eigenvalue weighted by Crippen LogP contribution is 2.26. The number of ether oxygens (including phenoxy) is 1. The number of unbranched alkanes of at least 4 members (excludes halogenated alkanes) is 4. The van der Waals surface area contributed by atoms with Crippen LogP contribution in [0.4, 0.5) is 0 Å². The molecule has 1 aliphatic rings. The molecule has 0 aliphatic carbocycles. The molecule has 23 heavy (non-hydrogen) atoms. The smallest absolute Gasteiger partial charge is 0.302 e. The molecule has 0 N–H and O–H groups in total. The molecular formula is C18H28BrNO3. The molecular weight excluding hydrogens is 358 g/mol. The Kier molecular flexibility index (Phi) is 9.22. The van der Waals surface area contributed by atoms with Crippen LogP contribution in [0.15, 0.2) is 22.7 Å². The molecule has 0 unspecified atom stereocenters. The summed E-state index contributed by atoms with van der Waals surface area (Å²) >= 11 is 3.58. The maximum atomic E-state index is 12.1. The number of amides is 1. The van der Waals surface area contributed by atoms with Crippen molar-refractivity contribution in [3.63, 3.8) is 0 Å². The van der Waals surface area contributed by atoms with Crippen LogP contribution in [0.5, 0.6) is 0 Å². The number of hydrogen-bond acceptors (Lipinski definition) is 3. The van der Waals surface area contributed by atoms with Crippen molar-refractivity contribution in [1.82, 2.24) is 4.90 Å². The van der Waals surface area contributed by atoms with Crippen molar-refractivity contribution in [2.75, 3.05) is 13.2 Å². The molecule has 1 heterocycles. The summed E-state index contributed by atoms with van der Waals surface area (Å²) in [6.07, 6.45) is 9.40. The molecule has 4 nitrogen and oxygen atoms in total. The van der Waals surface area contributed by atoms with Crippen molar-refractivity contribution >= 4 is 27.8 Å². The lowest BCUT2D eigenvalue weighted by molar-refractivity contribution is -0.140. The Morgan fingerprint density at radius 2 is 2.17 bits per heavy atom. The third-order valence-corrected chi connectivity index (χ3v) is 4.58. The molecule has 1 saturated heterocycles. The van der Waals surface area contributed by atoms with Crippen molar-refractivity contribution in [3.05, 3.63) is 22.7 Å². The van der Waals surface area contributed by atoms with Gasteiger partial charge in [-0.05, 0) is 24.8 Å². The number of nitrogens with zero attached hydrogens (tertiary/aromatic N) is 1. The van der Waals surface area contributed by atoms with Gasteiger partial charge in [0.2, 0.25) is 5.91 Å². The predicted molar refractivity (Wildman–Crippen MR) is 96.3 cm³/mol. The Morgan fingerprint density at radius 3 is 2.83 bits per heavy atom. The van der Waals surface area contributed by atoms with Gasteiger partial charge >= 0.3 is 5.97 Å². The van der Waals surface area contributed by atoms with Crippen molar-refractivity contribution < 1.29 is 14.3 Å². The zero-order valence-electron chi connectivity index (χ0n) is 14.3. The third-order valence-electron chi connectivity index (χ3n) is 4.01. The van der Waals surface area contributed by atoms with E-state index in [0.29, 0.717) is 13.0 Å². The highest BCUT2D eigenvalue weighted by molar-refractivity contribution is 9.11. The maximum absolute atomic E-state index is 12.1. The normalized spacial score (nSPS) is 18.4. The van der Waals surface area contributed by atoms with Gasteiger partial charge in [0.05, 0.1) is 12.6 Å². The van der Waals surface area contributed by atoms with E-state index >= 15 is 0 Å². The number of rotatable bonds is 10. The van der Waals surface area contributed by atoms with E-state index in [1.807, 2.05) is 4.90 Å². The summed E-state index contributed by atoms with van der Waals surface area (Å²) in [6.45, 7) is 8.32. The minimum Gasteiger partial charge on any atom is -0.461 e. The Labute approximate surface area is 148 Å². The molecule has 5 heteroatoms. The first-order valence-corrected chi connectivity index (χ1v) is 9.20. The Balaban J connectivity index is 2.50. The fraction of sp³-hybridized carbons (Fsp3) is 0.667. The largest absolute Gasteiger partial charge is 0.461 e. The molecule has 1 aliphatic heterocycles. The molecule has 0 bridgehead atoms. The summed E-state index contributed by atoms with van der Waals surface area (Å²) in [6, 6.07) is -0.0390. The molecule has 0 radical (unpaired) electrons. The highest BCUT2D eigenvalue weighted by atomic mass is 79.9. The van der Waals surface area contributed by atoms with Crippen LogP contribution >= 0.6 is 15.9 Å². The van der Waals surface area contributed by atoms with Gasteiger partial charge in [-0.1, -0.05) is 54.8 Å². The number of halogens is 1. The fourth-order valence-electron chi connectivity index (χ4n) is 2.70. The van der Waals surface area contributed by atoms with E-state index in [1.54, 1.807) is 0 Å². The quantitative estimate of drug-likeness (QED) is 0.319. The van der Waals surface area contributed by atoms with Crippen molar-refractivity contribution in [2.45, 2.75) is 64.8 Å². The minimum absolute atomic E-state index is 0.0390.